The number of carbonyl (C=O) groups is 2. The summed E-state index contributed by atoms with van der Waals surface area (Å²) in [5.74, 6) is -0.955. The van der Waals surface area contributed by atoms with E-state index in [4.69, 9.17) is 4.74 Å². The van der Waals surface area contributed by atoms with Gasteiger partial charge in [0, 0.05) is 4.88 Å². The van der Waals surface area contributed by atoms with E-state index in [1.165, 1.54) is 17.4 Å². The molecular formula is C20H25F2N3O3S. The second-order valence-electron chi connectivity index (χ2n) is 7.26. The third-order valence-electron chi connectivity index (χ3n) is 4.96. The first-order chi connectivity index (χ1) is 13.8. The minimum Gasteiger partial charge on any atom is -0.459 e. The van der Waals surface area contributed by atoms with Crippen LogP contribution < -0.4 is 5.32 Å². The fourth-order valence-electron chi connectivity index (χ4n) is 3.36. The van der Waals surface area contributed by atoms with Crippen LogP contribution in [0.25, 0.3) is 0 Å². The summed E-state index contributed by atoms with van der Waals surface area (Å²) < 4.78 is 32.8. The van der Waals surface area contributed by atoms with Crippen molar-refractivity contribution in [3.63, 3.8) is 0 Å². The number of carbonyl (C=O) groups excluding carboxylic acids is 2. The van der Waals surface area contributed by atoms with Gasteiger partial charge in [-0.25, -0.2) is 13.6 Å². The summed E-state index contributed by atoms with van der Waals surface area (Å²) in [6.07, 6.45) is 1.36. The summed E-state index contributed by atoms with van der Waals surface area (Å²) in [5.41, 5.74) is 1.45. The molecule has 2 aromatic rings. The second-order valence-corrected chi connectivity index (χ2v) is 8.36. The molecule has 0 fully saturated rings. The van der Waals surface area contributed by atoms with Crippen molar-refractivity contribution in [3.8, 4) is 0 Å². The zero-order chi connectivity index (χ0) is 21.1. The Labute approximate surface area is 172 Å². The lowest BCUT2D eigenvalue weighted by atomic mass is 9.95. The highest BCUT2D eigenvalue weighted by molar-refractivity contribution is 7.17. The van der Waals surface area contributed by atoms with E-state index in [-0.39, 0.29) is 18.3 Å². The molecule has 0 spiro atoms. The topological polar surface area (TPSA) is 73.2 Å². The van der Waals surface area contributed by atoms with Crippen LogP contribution in [0.5, 0.6) is 0 Å². The first-order valence-electron chi connectivity index (χ1n) is 9.78. The Bertz CT molecular complexity index is 907. The Morgan fingerprint density at radius 2 is 2.07 bits per heavy atom. The zero-order valence-corrected chi connectivity index (χ0v) is 17.6. The lowest BCUT2D eigenvalue weighted by Crippen LogP contribution is -2.22. The first kappa shape index (κ1) is 21.4. The number of halogens is 2. The quantitative estimate of drug-likeness (QED) is 0.655. The summed E-state index contributed by atoms with van der Waals surface area (Å²) in [6.45, 7) is 4.99. The van der Waals surface area contributed by atoms with Gasteiger partial charge in [0.05, 0.1) is 17.4 Å². The SMILES string of the molecule is CCC(C)OC(=O)c1c(NC(=O)Cn2nc(C)cc2C(F)F)sc2c1CCCC2. The summed E-state index contributed by atoms with van der Waals surface area (Å²) in [6, 6.07) is 1.26. The van der Waals surface area contributed by atoms with Crippen molar-refractivity contribution in [1.29, 1.82) is 0 Å². The minimum absolute atomic E-state index is 0.231. The number of nitrogens with zero attached hydrogens (tertiary/aromatic N) is 2. The summed E-state index contributed by atoms with van der Waals surface area (Å²) in [7, 11) is 0. The molecule has 1 atom stereocenters. The molecule has 1 amide bonds. The van der Waals surface area contributed by atoms with E-state index in [2.05, 4.69) is 10.4 Å². The Morgan fingerprint density at radius 1 is 1.34 bits per heavy atom. The third-order valence-corrected chi connectivity index (χ3v) is 6.17. The van der Waals surface area contributed by atoms with E-state index in [1.54, 1.807) is 6.92 Å². The highest BCUT2D eigenvalue weighted by Crippen LogP contribution is 2.38. The highest BCUT2D eigenvalue weighted by Gasteiger charge is 2.28. The molecule has 158 valence electrons. The van der Waals surface area contributed by atoms with E-state index in [0.29, 0.717) is 22.7 Å². The maximum Gasteiger partial charge on any atom is 0.341 e. The first-order valence-corrected chi connectivity index (χ1v) is 10.6. The van der Waals surface area contributed by atoms with Gasteiger partial charge in [-0.2, -0.15) is 5.10 Å². The van der Waals surface area contributed by atoms with Crippen molar-refractivity contribution in [3.05, 3.63) is 33.5 Å². The van der Waals surface area contributed by atoms with Gasteiger partial charge in [0.1, 0.15) is 17.2 Å². The molecule has 2 heterocycles. The molecule has 9 heteroatoms. The number of hydrogen-bond donors (Lipinski definition) is 1. The van der Waals surface area contributed by atoms with Crippen molar-refractivity contribution in [2.24, 2.45) is 0 Å². The van der Waals surface area contributed by atoms with Gasteiger partial charge in [0.15, 0.2) is 0 Å². The number of esters is 1. The van der Waals surface area contributed by atoms with E-state index >= 15 is 0 Å². The van der Waals surface area contributed by atoms with Crippen molar-refractivity contribution in [2.75, 3.05) is 5.32 Å². The Kier molecular flexibility index (Phi) is 6.66. The Morgan fingerprint density at radius 3 is 2.76 bits per heavy atom. The largest absolute Gasteiger partial charge is 0.459 e. The van der Waals surface area contributed by atoms with Crippen molar-refractivity contribution >= 4 is 28.2 Å². The molecule has 1 aliphatic carbocycles. The standard InChI is InChI=1S/C20H25F2N3O3S/c1-4-12(3)28-20(27)17-13-7-5-6-8-15(13)29-19(17)23-16(26)10-25-14(18(21)22)9-11(2)24-25/h9,12,18H,4-8,10H2,1-3H3,(H,23,26). The molecule has 6 nitrogen and oxygen atoms in total. The molecule has 0 saturated carbocycles. The molecule has 3 rings (SSSR count). The van der Waals surface area contributed by atoms with E-state index in [0.717, 1.165) is 40.8 Å². The molecule has 0 radical (unpaired) electrons. The lowest BCUT2D eigenvalue weighted by Gasteiger charge is -2.15. The van der Waals surface area contributed by atoms with Gasteiger partial charge in [-0.05, 0) is 57.6 Å². The number of ether oxygens (including phenoxy) is 1. The molecule has 2 aromatic heterocycles. The molecule has 29 heavy (non-hydrogen) atoms. The van der Waals surface area contributed by atoms with Gasteiger partial charge < -0.3 is 10.1 Å². The minimum atomic E-state index is -2.72. The number of thiophene rings is 1. The molecule has 0 saturated heterocycles. The van der Waals surface area contributed by atoms with E-state index in [9.17, 15) is 18.4 Å². The molecular weight excluding hydrogens is 400 g/mol. The normalized spacial score (nSPS) is 14.6. The number of fused-ring (bicyclic) bond motifs is 1. The fourth-order valence-corrected chi connectivity index (χ4v) is 4.66. The van der Waals surface area contributed by atoms with Gasteiger partial charge >= 0.3 is 5.97 Å². The zero-order valence-electron chi connectivity index (χ0n) is 16.8. The van der Waals surface area contributed by atoms with Crippen LogP contribution in [0.4, 0.5) is 13.8 Å². The summed E-state index contributed by atoms with van der Waals surface area (Å²) in [4.78, 5) is 26.4. The predicted octanol–water partition coefficient (Wildman–Crippen LogP) is 4.66. The third kappa shape index (κ3) is 4.83. The van der Waals surface area contributed by atoms with Gasteiger partial charge in [0.25, 0.3) is 6.43 Å². The van der Waals surface area contributed by atoms with Crippen molar-refractivity contribution < 1.29 is 23.1 Å². The molecule has 0 aliphatic heterocycles. The second kappa shape index (κ2) is 9.02. The maximum atomic E-state index is 13.1. The smallest absolute Gasteiger partial charge is 0.341 e. The fraction of sp³-hybridized carbons (Fsp3) is 0.550. The van der Waals surface area contributed by atoms with E-state index < -0.39 is 18.3 Å². The number of rotatable bonds is 7. The number of anilines is 1. The molecule has 0 bridgehead atoms. The van der Waals surface area contributed by atoms with Crippen LogP contribution in [-0.4, -0.2) is 27.8 Å². The number of aryl methyl sites for hydroxylation is 2. The molecule has 1 aliphatic rings. The van der Waals surface area contributed by atoms with Gasteiger partial charge in [-0.15, -0.1) is 11.3 Å². The van der Waals surface area contributed by atoms with Gasteiger partial charge in [0.2, 0.25) is 5.91 Å². The lowest BCUT2D eigenvalue weighted by molar-refractivity contribution is -0.117. The predicted molar refractivity (Wildman–Crippen MR) is 107 cm³/mol. The van der Waals surface area contributed by atoms with Crippen LogP contribution in [0, 0.1) is 6.92 Å². The van der Waals surface area contributed by atoms with Crippen LogP contribution in [0.15, 0.2) is 6.07 Å². The van der Waals surface area contributed by atoms with Crippen LogP contribution in [0.3, 0.4) is 0 Å². The van der Waals surface area contributed by atoms with Gasteiger partial charge in [-0.3, -0.25) is 9.48 Å². The van der Waals surface area contributed by atoms with Crippen LogP contribution in [0.1, 0.15) is 71.7 Å². The van der Waals surface area contributed by atoms with Crippen LogP contribution in [0.2, 0.25) is 0 Å². The number of nitrogens with one attached hydrogen (secondary N) is 1. The number of amides is 1. The molecule has 0 aromatic carbocycles. The highest BCUT2D eigenvalue weighted by atomic mass is 32.1. The Hall–Kier alpha value is -2.29. The summed E-state index contributed by atoms with van der Waals surface area (Å²) in [5, 5.41) is 7.14. The van der Waals surface area contributed by atoms with Crippen LogP contribution in [-0.2, 0) is 28.9 Å². The van der Waals surface area contributed by atoms with Crippen molar-refractivity contribution in [1.82, 2.24) is 9.78 Å². The van der Waals surface area contributed by atoms with E-state index in [1.807, 2.05) is 13.8 Å². The van der Waals surface area contributed by atoms with Gasteiger partial charge in [-0.1, -0.05) is 6.92 Å². The molecule has 1 unspecified atom stereocenters. The Balaban J connectivity index is 1.84. The average Bonchev–Trinajstić information content (AvgIpc) is 3.21. The maximum absolute atomic E-state index is 13.1. The molecule has 1 N–H and O–H groups in total. The van der Waals surface area contributed by atoms with Crippen LogP contribution >= 0.6 is 11.3 Å². The number of hydrogen-bond acceptors (Lipinski definition) is 5. The average molecular weight is 426 g/mol. The monoisotopic (exact) mass is 425 g/mol. The number of aromatic nitrogens is 2. The summed E-state index contributed by atoms with van der Waals surface area (Å²) >= 11 is 1.37. The van der Waals surface area contributed by atoms with Crippen molar-refractivity contribution in [2.45, 2.75) is 71.9 Å². The number of alkyl halides is 2.